The van der Waals surface area contributed by atoms with E-state index in [1.807, 2.05) is 18.2 Å². The number of hydrogen-bond acceptors (Lipinski definition) is 5. The first kappa shape index (κ1) is 23.9. The van der Waals surface area contributed by atoms with Crippen LogP contribution < -0.4 is 10.6 Å². The molecule has 7 nitrogen and oxygen atoms in total. The minimum absolute atomic E-state index is 0.0567. The number of halogens is 1. The highest BCUT2D eigenvalue weighted by atomic mass is 35.5. The van der Waals surface area contributed by atoms with Crippen molar-refractivity contribution in [1.82, 2.24) is 14.9 Å². The van der Waals surface area contributed by atoms with Crippen molar-refractivity contribution in [3.8, 4) is 11.1 Å². The van der Waals surface area contributed by atoms with Crippen LogP contribution in [-0.2, 0) is 4.79 Å². The molecule has 0 spiro atoms. The zero-order valence-electron chi connectivity index (χ0n) is 19.3. The van der Waals surface area contributed by atoms with Crippen molar-refractivity contribution in [3.05, 3.63) is 71.6 Å². The number of amides is 2. The number of likely N-dealkylation sites (tertiary alicyclic amines) is 1. The van der Waals surface area contributed by atoms with E-state index >= 15 is 0 Å². The van der Waals surface area contributed by atoms with Crippen LogP contribution in [0.15, 0.2) is 61.1 Å². The van der Waals surface area contributed by atoms with Gasteiger partial charge in [0.25, 0.3) is 5.91 Å². The van der Waals surface area contributed by atoms with Crippen molar-refractivity contribution in [2.24, 2.45) is 5.92 Å². The van der Waals surface area contributed by atoms with Crippen LogP contribution in [0.2, 0.25) is 5.02 Å². The molecule has 3 aromatic rings. The van der Waals surface area contributed by atoms with Crippen LogP contribution in [0.5, 0.6) is 0 Å². The van der Waals surface area contributed by atoms with Crippen LogP contribution in [0, 0.1) is 5.92 Å². The molecule has 2 aromatic heterocycles. The maximum atomic E-state index is 13.2. The molecule has 2 amide bonds. The molecule has 8 heteroatoms. The van der Waals surface area contributed by atoms with Crippen molar-refractivity contribution < 1.29 is 9.59 Å². The lowest BCUT2D eigenvalue weighted by atomic mass is 9.94. The average Bonchev–Trinajstić information content (AvgIpc) is 2.86. The number of nitrogens with zero attached hydrogens (tertiary/aromatic N) is 3. The van der Waals surface area contributed by atoms with Crippen molar-refractivity contribution in [1.29, 1.82) is 0 Å². The molecule has 0 unspecified atom stereocenters. The Bertz CT molecular complexity index is 1140. The third kappa shape index (κ3) is 5.79. The Kier molecular flexibility index (Phi) is 7.55. The van der Waals surface area contributed by atoms with Gasteiger partial charge in [0.1, 0.15) is 5.82 Å². The summed E-state index contributed by atoms with van der Waals surface area (Å²) in [6.07, 6.45) is 6.47. The predicted octanol–water partition coefficient (Wildman–Crippen LogP) is 5.11. The molecule has 0 saturated carbocycles. The summed E-state index contributed by atoms with van der Waals surface area (Å²) >= 11 is 5.91. The van der Waals surface area contributed by atoms with Crippen molar-refractivity contribution in [2.45, 2.75) is 32.7 Å². The molecule has 0 bridgehead atoms. The molecule has 0 aliphatic carbocycles. The zero-order valence-corrected chi connectivity index (χ0v) is 20.0. The third-order valence-electron chi connectivity index (χ3n) is 6.14. The van der Waals surface area contributed by atoms with Crippen molar-refractivity contribution >= 4 is 34.9 Å². The van der Waals surface area contributed by atoms with Crippen LogP contribution in [0.25, 0.3) is 11.1 Å². The number of nitrogens with one attached hydrogen (secondary N) is 2. The molecular formula is C26H28ClN5O2. The van der Waals surface area contributed by atoms with Gasteiger partial charge in [-0.1, -0.05) is 17.7 Å². The Labute approximate surface area is 204 Å². The molecule has 1 aliphatic rings. The van der Waals surface area contributed by atoms with Gasteiger partial charge in [0.2, 0.25) is 5.91 Å². The third-order valence-corrected chi connectivity index (χ3v) is 6.36. The number of carbonyl (C=O) groups is 2. The number of benzene rings is 1. The summed E-state index contributed by atoms with van der Waals surface area (Å²) in [6.45, 7) is 6.13. The summed E-state index contributed by atoms with van der Waals surface area (Å²) in [5.41, 5.74) is 2.60. The van der Waals surface area contributed by atoms with E-state index in [-0.39, 0.29) is 17.7 Å². The minimum atomic E-state index is -0.365. The monoisotopic (exact) mass is 477 g/mol. The van der Waals surface area contributed by atoms with E-state index in [2.05, 4.69) is 39.3 Å². The molecule has 4 rings (SSSR count). The molecule has 1 aliphatic heterocycles. The minimum Gasteiger partial charge on any atom is -0.325 e. The van der Waals surface area contributed by atoms with Gasteiger partial charge in [0.05, 0.1) is 16.3 Å². The smallest absolute Gasteiger partial charge is 0.258 e. The van der Waals surface area contributed by atoms with Crippen LogP contribution in [0.1, 0.15) is 37.0 Å². The number of hydrogen-bond donors (Lipinski definition) is 2. The molecule has 3 heterocycles. The van der Waals surface area contributed by atoms with E-state index in [0.29, 0.717) is 28.1 Å². The van der Waals surface area contributed by atoms with Crippen LogP contribution in [-0.4, -0.2) is 45.8 Å². The highest BCUT2D eigenvalue weighted by Gasteiger charge is 2.27. The predicted molar refractivity (Wildman–Crippen MR) is 135 cm³/mol. The molecule has 0 atom stereocenters. The first-order valence-electron chi connectivity index (χ1n) is 11.4. The fourth-order valence-electron chi connectivity index (χ4n) is 4.11. The second-order valence-electron chi connectivity index (χ2n) is 8.71. The van der Waals surface area contributed by atoms with Gasteiger partial charge in [-0.15, -0.1) is 0 Å². The Hall–Kier alpha value is -3.29. The SMILES string of the molecule is CC(C)N1CCC(C(=O)Nc2ccc(-c3ccncc3)cc2C(=O)Nc2ccc(Cl)cn2)CC1. The van der Waals surface area contributed by atoms with Gasteiger partial charge >= 0.3 is 0 Å². The lowest BCUT2D eigenvalue weighted by molar-refractivity contribution is -0.121. The molecular weight excluding hydrogens is 450 g/mol. The lowest BCUT2D eigenvalue weighted by Crippen LogP contribution is -2.41. The first-order chi connectivity index (χ1) is 16.4. The second-order valence-corrected chi connectivity index (χ2v) is 9.14. The van der Waals surface area contributed by atoms with E-state index < -0.39 is 0 Å². The van der Waals surface area contributed by atoms with Crippen molar-refractivity contribution in [3.63, 3.8) is 0 Å². The fraction of sp³-hybridized carbons (Fsp3) is 0.308. The molecule has 176 valence electrons. The van der Waals surface area contributed by atoms with Gasteiger partial charge in [0, 0.05) is 30.6 Å². The Morgan fingerprint density at radius 2 is 1.74 bits per heavy atom. The van der Waals surface area contributed by atoms with E-state index in [4.69, 9.17) is 11.6 Å². The number of piperidine rings is 1. The number of pyridine rings is 2. The van der Waals surface area contributed by atoms with Crippen LogP contribution in [0.4, 0.5) is 11.5 Å². The van der Waals surface area contributed by atoms with E-state index in [1.54, 1.807) is 36.7 Å². The number of anilines is 2. The largest absolute Gasteiger partial charge is 0.325 e. The second kappa shape index (κ2) is 10.8. The van der Waals surface area contributed by atoms with Gasteiger partial charge < -0.3 is 15.5 Å². The van der Waals surface area contributed by atoms with Gasteiger partial charge in [-0.05, 0) is 87.3 Å². The Morgan fingerprint density at radius 3 is 2.38 bits per heavy atom. The number of carbonyl (C=O) groups excluding carboxylic acids is 2. The van der Waals surface area contributed by atoms with Gasteiger partial charge in [-0.25, -0.2) is 4.98 Å². The molecule has 1 aromatic carbocycles. The molecule has 2 N–H and O–H groups in total. The first-order valence-corrected chi connectivity index (χ1v) is 11.8. The summed E-state index contributed by atoms with van der Waals surface area (Å²) in [6, 6.07) is 13.0. The fourth-order valence-corrected chi connectivity index (χ4v) is 4.22. The van der Waals surface area contributed by atoms with E-state index in [1.165, 1.54) is 6.20 Å². The lowest BCUT2D eigenvalue weighted by Gasteiger charge is -2.34. The summed E-state index contributed by atoms with van der Waals surface area (Å²) in [5, 5.41) is 6.28. The summed E-state index contributed by atoms with van der Waals surface area (Å²) in [4.78, 5) is 36.9. The summed E-state index contributed by atoms with van der Waals surface area (Å²) in [5.74, 6) is -0.125. The van der Waals surface area contributed by atoms with E-state index in [0.717, 1.165) is 37.1 Å². The normalized spacial score (nSPS) is 14.7. The summed E-state index contributed by atoms with van der Waals surface area (Å²) in [7, 11) is 0. The topological polar surface area (TPSA) is 87.2 Å². The molecule has 1 fully saturated rings. The standard InChI is InChI=1S/C26H28ClN5O2/c1-17(2)32-13-9-19(10-14-32)25(33)30-23-5-3-20(18-7-11-28-12-8-18)15-22(23)26(34)31-24-6-4-21(27)16-29-24/h3-8,11-12,15-17,19H,9-10,13-14H2,1-2H3,(H,30,33)(H,29,31,34). The highest BCUT2D eigenvalue weighted by Crippen LogP contribution is 2.28. The summed E-state index contributed by atoms with van der Waals surface area (Å²) < 4.78 is 0. The van der Waals surface area contributed by atoms with Crippen LogP contribution >= 0.6 is 11.6 Å². The number of aromatic nitrogens is 2. The van der Waals surface area contributed by atoms with Crippen LogP contribution in [0.3, 0.4) is 0 Å². The van der Waals surface area contributed by atoms with E-state index in [9.17, 15) is 9.59 Å². The zero-order chi connectivity index (χ0) is 24.1. The Balaban J connectivity index is 1.57. The quantitative estimate of drug-likeness (QED) is 0.515. The molecule has 34 heavy (non-hydrogen) atoms. The van der Waals surface area contributed by atoms with Gasteiger partial charge in [-0.2, -0.15) is 0 Å². The highest BCUT2D eigenvalue weighted by molar-refractivity contribution is 6.30. The molecule has 1 saturated heterocycles. The number of rotatable bonds is 6. The maximum Gasteiger partial charge on any atom is 0.258 e. The molecule has 0 radical (unpaired) electrons. The average molecular weight is 478 g/mol. The van der Waals surface area contributed by atoms with Gasteiger partial charge in [-0.3, -0.25) is 14.6 Å². The van der Waals surface area contributed by atoms with Gasteiger partial charge in [0.15, 0.2) is 0 Å². The Morgan fingerprint density at radius 1 is 1.00 bits per heavy atom. The van der Waals surface area contributed by atoms with Crippen molar-refractivity contribution in [2.75, 3.05) is 23.7 Å². The maximum absolute atomic E-state index is 13.2.